The summed E-state index contributed by atoms with van der Waals surface area (Å²) in [5, 5.41) is 20.4. The summed E-state index contributed by atoms with van der Waals surface area (Å²) in [6.45, 7) is 0. The van der Waals surface area contributed by atoms with Crippen molar-refractivity contribution >= 4 is 22.2 Å². The van der Waals surface area contributed by atoms with Crippen molar-refractivity contribution < 1.29 is 9.66 Å². The molecule has 156 valence electrons. The van der Waals surface area contributed by atoms with Crippen LogP contribution in [0.2, 0.25) is 0 Å². The molecule has 2 atom stereocenters. The second kappa shape index (κ2) is 7.20. The minimum absolute atomic E-state index is 0.0432. The second-order valence-electron chi connectivity index (χ2n) is 8.07. The largest absolute Gasteiger partial charge is 0.464 e. The summed E-state index contributed by atoms with van der Waals surface area (Å²) in [6.07, 6.45) is 0.316. The summed E-state index contributed by atoms with van der Waals surface area (Å²) >= 11 is 0. The monoisotopic (exact) mass is 421 g/mol. The summed E-state index contributed by atoms with van der Waals surface area (Å²) in [7, 11) is 0. The van der Waals surface area contributed by atoms with Crippen molar-refractivity contribution in [2.24, 2.45) is 5.10 Å². The number of nitrogens with zero attached hydrogens (tertiary/aromatic N) is 3. The molecule has 0 saturated heterocycles. The predicted octanol–water partition coefficient (Wildman–Crippen LogP) is 5.99. The van der Waals surface area contributed by atoms with Gasteiger partial charge in [-0.05, 0) is 40.6 Å². The first kappa shape index (κ1) is 18.6. The fourth-order valence-electron chi connectivity index (χ4n) is 4.56. The van der Waals surface area contributed by atoms with Crippen LogP contribution in [-0.2, 0) is 0 Å². The zero-order valence-electron chi connectivity index (χ0n) is 17.1. The highest BCUT2D eigenvalue weighted by molar-refractivity contribution is 6.04. The van der Waals surface area contributed by atoms with E-state index in [0.29, 0.717) is 0 Å². The van der Waals surface area contributed by atoms with Gasteiger partial charge in [-0.3, -0.25) is 10.1 Å². The van der Waals surface area contributed by atoms with Crippen molar-refractivity contribution in [1.29, 1.82) is 0 Å². The Balaban J connectivity index is 1.42. The summed E-state index contributed by atoms with van der Waals surface area (Å²) in [6, 6.07) is 29.3. The Morgan fingerprint density at radius 1 is 0.906 bits per heavy atom. The van der Waals surface area contributed by atoms with Gasteiger partial charge in [0.2, 0.25) is 6.23 Å². The summed E-state index contributed by atoms with van der Waals surface area (Å²) in [5.41, 5.74) is 4.10. The average molecular weight is 421 g/mol. The van der Waals surface area contributed by atoms with Gasteiger partial charge in [0.1, 0.15) is 5.75 Å². The van der Waals surface area contributed by atoms with Gasteiger partial charge in [-0.15, -0.1) is 0 Å². The van der Waals surface area contributed by atoms with Gasteiger partial charge < -0.3 is 4.74 Å². The van der Waals surface area contributed by atoms with Crippen LogP contribution in [0.1, 0.15) is 35.4 Å². The maximum Gasteiger partial charge on any atom is 0.269 e. The van der Waals surface area contributed by atoms with Crippen LogP contribution in [-0.4, -0.2) is 15.6 Å². The maximum absolute atomic E-state index is 11.1. The molecule has 0 aromatic heterocycles. The molecule has 32 heavy (non-hydrogen) atoms. The molecule has 0 bridgehead atoms. The van der Waals surface area contributed by atoms with Crippen molar-refractivity contribution in [3.8, 4) is 5.75 Å². The highest BCUT2D eigenvalue weighted by atomic mass is 16.6. The van der Waals surface area contributed by atoms with Crippen molar-refractivity contribution in [1.82, 2.24) is 5.01 Å². The SMILES string of the molecule is O=[N+]([O-])c1ccc([C@@H]2Oc3ccccc3[C@H]3CC(c4ccc5ccccc5c4)=NN32)cc1. The fourth-order valence-corrected chi connectivity index (χ4v) is 4.56. The zero-order valence-corrected chi connectivity index (χ0v) is 17.1. The first-order valence-corrected chi connectivity index (χ1v) is 10.5. The average Bonchev–Trinajstić information content (AvgIpc) is 3.29. The van der Waals surface area contributed by atoms with Gasteiger partial charge in [-0.1, -0.05) is 54.6 Å². The molecule has 6 nitrogen and oxygen atoms in total. The first-order valence-electron chi connectivity index (χ1n) is 10.5. The van der Waals surface area contributed by atoms with Crippen molar-refractivity contribution in [2.75, 3.05) is 0 Å². The highest BCUT2D eigenvalue weighted by Gasteiger charge is 2.40. The molecule has 6 heteroatoms. The smallest absolute Gasteiger partial charge is 0.269 e. The van der Waals surface area contributed by atoms with Gasteiger partial charge in [-0.25, -0.2) is 5.01 Å². The van der Waals surface area contributed by atoms with E-state index in [2.05, 4.69) is 36.4 Å². The van der Waals surface area contributed by atoms with Crippen LogP contribution < -0.4 is 4.74 Å². The number of hydrazone groups is 1. The zero-order chi connectivity index (χ0) is 21.7. The lowest BCUT2D eigenvalue weighted by Crippen LogP contribution is -2.33. The number of hydrogen-bond acceptors (Lipinski definition) is 5. The molecule has 2 aliphatic heterocycles. The van der Waals surface area contributed by atoms with Crippen LogP contribution in [0.25, 0.3) is 10.8 Å². The standard InChI is InChI=1S/C26H19N3O3/c30-29(31)21-13-11-18(12-14-21)26-28-24(22-7-3-4-8-25(22)32-26)16-23(27-28)20-10-9-17-5-1-2-6-19(17)15-20/h1-15,24,26H,16H2/t24-,26+/m1/s1. The number of para-hydroxylation sites is 1. The first-order chi connectivity index (χ1) is 15.7. The van der Waals surface area contributed by atoms with E-state index in [9.17, 15) is 10.1 Å². The Hall–Kier alpha value is -4.19. The normalized spacial score (nSPS) is 19.1. The molecule has 2 heterocycles. The summed E-state index contributed by atoms with van der Waals surface area (Å²) in [4.78, 5) is 10.7. The van der Waals surface area contributed by atoms with Crippen LogP contribution in [0, 0.1) is 10.1 Å². The predicted molar refractivity (Wildman–Crippen MR) is 123 cm³/mol. The Kier molecular flexibility index (Phi) is 4.18. The topological polar surface area (TPSA) is 68.0 Å². The van der Waals surface area contributed by atoms with Gasteiger partial charge >= 0.3 is 0 Å². The molecule has 0 unspecified atom stereocenters. The van der Waals surface area contributed by atoms with E-state index < -0.39 is 11.2 Å². The van der Waals surface area contributed by atoms with E-state index >= 15 is 0 Å². The fraction of sp³-hybridized carbons (Fsp3) is 0.115. The van der Waals surface area contributed by atoms with Crippen LogP contribution >= 0.6 is 0 Å². The quantitative estimate of drug-likeness (QED) is 0.301. The van der Waals surface area contributed by atoms with Gasteiger partial charge in [0.15, 0.2) is 0 Å². The minimum Gasteiger partial charge on any atom is -0.464 e. The maximum atomic E-state index is 11.1. The van der Waals surface area contributed by atoms with Gasteiger partial charge in [0.05, 0.1) is 16.7 Å². The molecule has 4 aromatic carbocycles. The highest BCUT2D eigenvalue weighted by Crippen LogP contribution is 2.47. The van der Waals surface area contributed by atoms with E-state index in [1.165, 1.54) is 22.9 Å². The molecule has 0 spiro atoms. The van der Waals surface area contributed by atoms with Crippen molar-refractivity contribution in [3.63, 3.8) is 0 Å². The van der Waals surface area contributed by atoms with Gasteiger partial charge in [0, 0.05) is 29.7 Å². The van der Waals surface area contributed by atoms with Crippen molar-refractivity contribution in [3.05, 3.63) is 118 Å². The van der Waals surface area contributed by atoms with Crippen LogP contribution in [0.4, 0.5) is 5.69 Å². The third-order valence-electron chi connectivity index (χ3n) is 6.17. The Morgan fingerprint density at radius 3 is 2.47 bits per heavy atom. The Bertz CT molecular complexity index is 1380. The number of fused-ring (bicyclic) bond motifs is 4. The van der Waals surface area contributed by atoms with Crippen LogP contribution in [0.15, 0.2) is 96.1 Å². The number of benzene rings is 4. The lowest BCUT2D eigenvalue weighted by molar-refractivity contribution is -0.384. The molecule has 2 aliphatic rings. The molecule has 6 rings (SSSR count). The van der Waals surface area contributed by atoms with Gasteiger partial charge in [0.25, 0.3) is 5.69 Å². The number of rotatable bonds is 3. The number of hydrogen-bond donors (Lipinski definition) is 0. The van der Waals surface area contributed by atoms with Crippen molar-refractivity contribution in [2.45, 2.75) is 18.7 Å². The minimum atomic E-state index is -0.450. The van der Waals surface area contributed by atoms with E-state index in [1.807, 2.05) is 35.3 Å². The molecular formula is C26H19N3O3. The van der Waals surface area contributed by atoms with E-state index in [4.69, 9.17) is 9.84 Å². The molecule has 0 radical (unpaired) electrons. The van der Waals surface area contributed by atoms with Gasteiger partial charge in [-0.2, -0.15) is 5.10 Å². The lowest BCUT2D eigenvalue weighted by Gasteiger charge is -2.38. The number of nitro groups is 1. The number of non-ortho nitro benzene ring substituents is 1. The summed E-state index contributed by atoms with van der Waals surface area (Å²) in [5.74, 6) is 0.826. The molecule has 0 N–H and O–H groups in total. The Morgan fingerprint density at radius 2 is 1.66 bits per heavy atom. The second-order valence-corrected chi connectivity index (χ2v) is 8.07. The molecule has 0 saturated carbocycles. The molecule has 0 fully saturated rings. The number of nitro benzene ring substituents is 1. The van der Waals surface area contributed by atoms with Crippen LogP contribution in [0.3, 0.4) is 0 Å². The molecule has 4 aromatic rings. The lowest BCUT2D eigenvalue weighted by atomic mass is 9.95. The van der Waals surface area contributed by atoms with E-state index in [0.717, 1.165) is 34.6 Å². The Labute approximate surface area is 184 Å². The summed E-state index contributed by atoms with van der Waals surface area (Å²) < 4.78 is 6.34. The van der Waals surface area contributed by atoms with Crippen LogP contribution in [0.5, 0.6) is 5.75 Å². The number of ether oxygens (including phenoxy) is 1. The van der Waals surface area contributed by atoms with E-state index in [1.54, 1.807) is 12.1 Å². The third-order valence-corrected chi connectivity index (χ3v) is 6.17. The molecule has 0 amide bonds. The molecular weight excluding hydrogens is 402 g/mol. The third kappa shape index (κ3) is 3.00. The molecule has 0 aliphatic carbocycles. The van der Waals surface area contributed by atoms with E-state index in [-0.39, 0.29) is 11.7 Å².